The van der Waals surface area contributed by atoms with Gasteiger partial charge in [0.1, 0.15) is 5.82 Å². The molecule has 2 rings (SSSR count). The Bertz CT molecular complexity index is 339. The van der Waals surface area contributed by atoms with Crippen molar-refractivity contribution in [3.8, 4) is 0 Å². The number of likely N-dealkylation sites (tertiary alicyclic amines) is 1. The number of hydrogen-bond acceptors (Lipinski definition) is 3. The maximum atomic E-state index is 12.5. The van der Waals surface area contributed by atoms with Crippen molar-refractivity contribution in [2.75, 3.05) is 20.1 Å². The van der Waals surface area contributed by atoms with Gasteiger partial charge in [-0.05, 0) is 20.0 Å². The molecular weight excluding hydrogens is 214 g/mol. The van der Waals surface area contributed by atoms with Crippen LogP contribution in [0.25, 0.3) is 0 Å². The Hall–Kier alpha value is -1.01. The van der Waals surface area contributed by atoms with Gasteiger partial charge in [0.25, 0.3) is 0 Å². The standard InChI is InChI=1S/C10H16F2N4/c1-15-4-2-8(7-15)14-6-9-13-3-5-16(9)10(11)12/h3,5,8,10,14H,2,4,6-7H2,1H3. The van der Waals surface area contributed by atoms with E-state index in [0.29, 0.717) is 18.4 Å². The fourth-order valence-corrected chi connectivity index (χ4v) is 2.00. The monoisotopic (exact) mass is 230 g/mol. The molecule has 1 aromatic heterocycles. The molecule has 1 saturated heterocycles. The number of alkyl halides is 2. The first-order valence-electron chi connectivity index (χ1n) is 5.38. The lowest BCUT2D eigenvalue weighted by atomic mass is 10.2. The van der Waals surface area contributed by atoms with Crippen molar-refractivity contribution >= 4 is 0 Å². The first-order chi connectivity index (χ1) is 7.66. The molecule has 0 spiro atoms. The van der Waals surface area contributed by atoms with Crippen molar-refractivity contribution in [1.29, 1.82) is 0 Å². The zero-order valence-corrected chi connectivity index (χ0v) is 9.24. The van der Waals surface area contributed by atoms with Crippen LogP contribution in [-0.2, 0) is 6.54 Å². The summed E-state index contributed by atoms with van der Waals surface area (Å²) in [6, 6.07) is 0.382. The molecule has 1 aliphatic rings. The van der Waals surface area contributed by atoms with Gasteiger partial charge < -0.3 is 10.2 Å². The second-order valence-electron chi connectivity index (χ2n) is 4.16. The third kappa shape index (κ3) is 2.56. The van der Waals surface area contributed by atoms with Gasteiger partial charge in [-0.1, -0.05) is 0 Å². The molecule has 90 valence electrons. The van der Waals surface area contributed by atoms with Crippen LogP contribution in [0.1, 0.15) is 18.8 Å². The van der Waals surface area contributed by atoms with Gasteiger partial charge in [-0.15, -0.1) is 0 Å². The quantitative estimate of drug-likeness (QED) is 0.840. The van der Waals surface area contributed by atoms with E-state index < -0.39 is 6.55 Å². The number of nitrogens with zero attached hydrogens (tertiary/aromatic N) is 3. The molecule has 1 fully saturated rings. The molecule has 4 nitrogen and oxygen atoms in total. The Morgan fingerprint density at radius 1 is 1.62 bits per heavy atom. The number of imidazole rings is 1. The van der Waals surface area contributed by atoms with Crippen LogP contribution in [0, 0.1) is 0 Å². The van der Waals surface area contributed by atoms with Gasteiger partial charge in [0, 0.05) is 25.0 Å². The van der Waals surface area contributed by atoms with Gasteiger partial charge in [-0.25, -0.2) is 4.98 Å². The first-order valence-corrected chi connectivity index (χ1v) is 5.38. The lowest BCUT2D eigenvalue weighted by Crippen LogP contribution is -2.32. The Morgan fingerprint density at radius 2 is 2.44 bits per heavy atom. The molecule has 0 radical (unpaired) electrons. The van der Waals surface area contributed by atoms with E-state index in [2.05, 4.69) is 22.2 Å². The van der Waals surface area contributed by atoms with Crippen LogP contribution in [0.15, 0.2) is 12.4 Å². The van der Waals surface area contributed by atoms with Crippen LogP contribution in [0.2, 0.25) is 0 Å². The molecule has 0 saturated carbocycles. The number of hydrogen-bond donors (Lipinski definition) is 1. The van der Waals surface area contributed by atoms with Crippen LogP contribution in [0.4, 0.5) is 8.78 Å². The molecule has 1 aliphatic heterocycles. The van der Waals surface area contributed by atoms with E-state index in [1.807, 2.05) is 0 Å². The van der Waals surface area contributed by atoms with Crippen molar-refractivity contribution in [3.05, 3.63) is 18.2 Å². The SMILES string of the molecule is CN1CCC(NCc2nccn2C(F)F)C1. The Balaban J connectivity index is 1.87. The van der Waals surface area contributed by atoms with Gasteiger partial charge >= 0.3 is 6.55 Å². The fraction of sp³-hybridized carbons (Fsp3) is 0.700. The molecule has 0 aliphatic carbocycles. The van der Waals surface area contributed by atoms with Crippen LogP contribution in [0.3, 0.4) is 0 Å². The van der Waals surface area contributed by atoms with Crippen molar-refractivity contribution in [3.63, 3.8) is 0 Å². The van der Waals surface area contributed by atoms with Crippen LogP contribution >= 0.6 is 0 Å². The molecule has 16 heavy (non-hydrogen) atoms. The maximum absolute atomic E-state index is 12.5. The summed E-state index contributed by atoms with van der Waals surface area (Å²) in [7, 11) is 2.06. The highest BCUT2D eigenvalue weighted by molar-refractivity contribution is 4.93. The molecule has 6 heteroatoms. The molecule has 0 amide bonds. The van der Waals surface area contributed by atoms with Gasteiger partial charge in [-0.2, -0.15) is 8.78 Å². The van der Waals surface area contributed by atoms with E-state index >= 15 is 0 Å². The number of aromatic nitrogens is 2. The minimum absolute atomic E-state index is 0.382. The number of nitrogens with one attached hydrogen (secondary N) is 1. The number of likely N-dealkylation sites (N-methyl/N-ethyl adjacent to an activating group) is 1. The van der Waals surface area contributed by atoms with Crippen molar-refractivity contribution in [2.24, 2.45) is 0 Å². The maximum Gasteiger partial charge on any atom is 0.319 e. The summed E-state index contributed by atoms with van der Waals surface area (Å²) in [5, 5.41) is 3.25. The average Bonchev–Trinajstić information content (AvgIpc) is 2.83. The molecule has 1 aromatic rings. The van der Waals surface area contributed by atoms with E-state index in [-0.39, 0.29) is 0 Å². The molecule has 1 unspecified atom stereocenters. The van der Waals surface area contributed by atoms with Crippen molar-refractivity contribution in [1.82, 2.24) is 19.8 Å². The van der Waals surface area contributed by atoms with Crippen LogP contribution in [0.5, 0.6) is 0 Å². The molecule has 0 bridgehead atoms. The fourth-order valence-electron chi connectivity index (χ4n) is 2.00. The summed E-state index contributed by atoms with van der Waals surface area (Å²) in [6.07, 6.45) is 3.78. The first kappa shape index (κ1) is 11.5. The third-order valence-corrected chi connectivity index (χ3v) is 2.90. The largest absolute Gasteiger partial charge is 0.319 e. The predicted octanol–water partition coefficient (Wildman–Crippen LogP) is 1.07. The Morgan fingerprint density at radius 3 is 3.06 bits per heavy atom. The number of halogens is 2. The highest BCUT2D eigenvalue weighted by Gasteiger charge is 2.19. The molecule has 2 heterocycles. The zero-order valence-electron chi connectivity index (χ0n) is 9.24. The van der Waals surface area contributed by atoms with Crippen molar-refractivity contribution in [2.45, 2.75) is 25.6 Å². The Kier molecular flexibility index (Phi) is 3.50. The molecule has 0 aromatic carbocycles. The highest BCUT2D eigenvalue weighted by atomic mass is 19.3. The van der Waals surface area contributed by atoms with Crippen molar-refractivity contribution < 1.29 is 8.78 Å². The second-order valence-corrected chi connectivity index (χ2v) is 4.16. The molecule has 1 N–H and O–H groups in total. The van der Waals surface area contributed by atoms with E-state index in [1.54, 1.807) is 0 Å². The zero-order chi connectivity index (χ0) is 11.5. The van der Waals surface area contributed by atoms with Crippen LogP contribution in [-0.4, -0.2) is 40.6 Å². The topological polar surface area (TPSA) is 33.1 Å². The normalized spacial score (nSPS) is 22.1. The lowest BCUT2D eigenvalue weighted by molar-refractivity contribution is 0.0665. The van der Waals surface area contributed by atoms with Gasteiger partial charge in [0.15, 0.2) is 0 Å². The minimum Gasteiger partial charge on any atom is -0.306 e. The van der Waals surface area contributed by atoms with E-state index in [9.17, 15) is 8.78 Å². The van der Waals surface area contributed by atoms with Gasteiger partial charge in [0.2, 0.25) is 0 Å². The number of rotatable bonds is 4. The summed E-state index contributed by atoms with van der Waals surface area (Å²) in [5.41, 5.74) is 0. The van der Waals surface area contributed by atoms with E-state index in [4.69, 9.17) is 0 Å². The van der Waals surface area contributed by atoms with Gasteiger partial charge in [-0.3, -0.25) is 4.57 Å². The predicted molar refractivity (Wildman–Crippen MR) is 56.2 cm³/mol. The summed E-state index contributed by atoms with van der Waals surface area (Å²) >= 11 is 0. The second kappa shape index (κ2) is 4.88. The lowest BCUT2D eigenvalue weighted by Gasteiger charge is -2.13. The van der Waals surface area contributed by atoms with E-state index in [1.165, 1.54) is 12.4 Å². The minimum atomic E-state index is -2.51. The molecule has 1 atom stereocenters. The summed E-state index contributed by atoms with van der Waals surface area (Å²) in [6.45, 7) is -0.0859. The third-order valence-electron chi connectivity index (χ3n) is 2.90. The smallest absolute Gasteiger partial charge is 0.306 e. The summed E-state index contributed by atoms with van der Waals surface area (Å²) in [5.74, 6) is 0.393. The Labute approximate surface area is 93.3 Å². The highest BCUT2D eigenvalue weighted by Crippen LogP contribution is 2.13. The summed E-state index contributed by atoms with van der Waals surface area (Å²) < 4.78 is 25.9. The van der Waals surface area contributed by atoms with Gasteiger partial charge in [0.05, 0.1) is 6.54 Å². The van der Waals surface area contributed by atoms with E-state index in [0.717, 1.165) is 24.1 Å². The van der Waals surface area contributed by atoms with Crippen LogP contribution < -0.4 is 5.32 Å². The molecular formula is C10H16F2N4. The average molecular weight is 230 g/mol. The summed E-state index contributed by atoms with van der Waals surface area (Å²) in [4.78, 5) is 6.14.